The van der Waals surface area contributed by atoms with E-state index in [0.717, 1.165) is 17.0 Å². The van der Waals surface area contributed by atoms with E-state index < -0.39 is 16.8 Å². The molecule has 2 aromatic carbocycles. The van der Waals surface area contributed by atoms with Gasteiger partial charge in [0.25, 0.3) is 5.91 Å². The predicted molar refractivity (Wildman–Crippen MR) is 183 cm³/mol. The van der Waals surface area contributed by atoms with Gasteiger partial charge in [-0.25, -0.2) is 9.18 Å². The van der Waals surface area contributed by atoms with Gasteiger partial charge in [0.1, 0.15) is 17.1 Å². The van der Waals surface area contributed by atoms with Crippen molar-refractivity contribution in [3.63, 3.8) is 0 Å². The van der Waals surface area contributed by atoms with Gasteiger partial charge in [-0.05, 0) is 69.5 Å². The van der Waals surface area contributed by atoms with Crippen LogP contribution in [0.3, 0.4) is 0 Å². The Balaban J connectivity index is 1.50. The molecule has 0 atom stereocenters. The van der Waals surface area contributed by atoms with Crippen molar-refractivity contribution in [2.24, 2.45) is 0 Å². The van der Waals surface area contributed by atoms with Crippen LogP contribution in [0.15, 0.2) is 60.9 Å². The molecule has 1 fully saturated rings. The van der Waals surface area contributed by atoms with E-state index in [0.29, 0.717) is 73.0 Å². The van der Waals surface area contributed by atoms with E-state index in [4.69, 9.17) is 18.9 Å². The highest BCUT2D eigenvalue weighted by molar-refractivity contribution is 6.07. The second kappa shape index (κ2) is 13.3. The fourth-order valence-corrected chi connectivity index (χ4v) is 6.74. The van der Waals surface area contributed by atoms with Crippen molar-refractivity contribution in [1.82, 2.24) is 19.8 Å². The molecular weight excluding hydrogens is 629 g/mol. The third kappa shape index (κ3) is 6.59. The van der Waals surface area contributed by atoms with Crippen LogP contribution >= 0.6 is 0 Å². The maximum absolute atomic E-state index is 15.0. The van der Waals surface area contributed by atoms with E-state index in [1.807, 2.05) is 56.0 Å². The number of fused-ring (bicyclic) bond motifs is 2. The van der Waals surface area contributed by atoms with Gasteiger partial charge >= 0.3 is 6.09 Å². The van der Waals surface area contributed by atoms with Crippen LogP contribution in [0.5, 0.6) is 17.2 Å². The lowest BCUT2D eigenvalue weighted by molar-refractivity contribution is 0.0120. The molecule has 258 valence electrons. The van der Waals surface area contributed by atoms with Crippen molar-refractivity contribution in [1.29, 1.82) is 0 Å². The molecule has 2 N–H and O–H groups in total. The molecule has 0 aliphatic carbocycles. The lowest BCUT2D eigenvalue weighted by Crippen LogP contribution is -2.55. The molecule has 1 spiro atoms. The minimum atomic E-state index is -0.623. The molecule has 2 aliphatic rings. The number of para-hydroxylation sites is 1. The van der Waals surface area contributed by atoms with Crippen LogP contribution in [0.4, 0.5) is 20.6 Å². The lowest BCUT2D eigenvalue weighted by atomic mass is 9.71. The molecular formula is C37H42FN5O6. The Labute approximate surface area is 285 Å². The summed E-state index contributed by atoms with van der Waals surface area (Å²) in [6, 6.07) is 14.0. The summed E-state index contributed by atoms with van der Waals surface area (Å²) in [5.74, 6) is 0.493. The Morgan fingerprint density at radius 3 is 2.41 bits per heavy atom. The van der Waals surface area contributed by atoms with Crippen molar-refractivity contribution in [2.75, 3.05) is 46.3 Å². The summed E-state index contributed by atoms with van der Waals surface area (Å²) in [5, 5.41) is 3.37. The monoisotopic (exact) mass is 671 g/mol. The van der Waals surface area contributed by atoms with Crippen LogP contribution in [0.25, 0.3) is 11.3 Å². The first kappa shape index (κ1) is 33.6. The number of ether oxygens (including phenoxy) is 4. The van der Waals surface area contributed by atoms with Crippen molar-refractivity contribution in [2.45, 2.75) is 51.2 Å². The number of aromatic amines is 1. The minimum Gasteiger partial charge on any atom is -0.497 e. The molecule has 6 rings (SSSR count). The van der Waals surface area contributed by atoms with Crippen LogP contribution in [0, 0.1) is 5.82 Å². The largest absolute Gasteiger partial charge is 0.497 e. The zero-order chi connectivity index (χ0) is 34.9. The van der Waals surface area contributed by atoms with Gasteiger partial charge in [-0.1, -0.05) is 18.2 Å². The number of halogens is 1. The summed E-state index contributed by atoms with van der Waals surface area (Å²) in [5.41, 5.74) is 3.02. The van der Waals surface area contributed by atoms with Gasteiger partial charge in [0, 0.05) is 49.0 Å². The molecule has 12 heteroatoms. The molecule has 2 aliphatic heterocycles. The number of pyridine rings is 1. The van der Waals surface area contributed by atoms with Crippen LogP contribution in [-0.2, 0) is 16.7 Å². The smallest absolute Gasteiger partial charge is 0.410 e. The zero-order valence-electron chi connectivity index (χ0n) is 28.7. The number of benzene rings is 2. The number of carbonyl (C=O) groups is 2. The average molecular weight is 672 g/mol. The number of anilines is 2. The Morgan fingerprint density at radius 2 is 1.76 bits per heavy atom. The summed E-state index contributed by atoms with van der Waals surface area (Å²) in [6.07, 6.45) is 4.04. The van der Waals surface area contributed by atoms with Gasteiger partial charge in [0.2, 0.25) is 0 Å². The zero-order valence-corrected chi connectivity index (χ0v) is 28.7. The average Bonchev–Trinajstić information content (AvgIpc) is 3.47. The van der Waals surface area contributed by atoms with E-state index in [1.165, 1.54) is 13.2 Å². The molecule has 2 amide bonds. The Bertz CT molecular complexity index is 1840. The maximum atomic E-state index is 15.0. The molecule has 2 aromatic heterocycles. The Hall–Kier alpha value is -5.26. The third-order valence-electron chi connectivity index (χ3n) is 9.13. The highest BCUT2D eigenvalue weighted by Crippen LogP contribution is 2.49. The van der Waals surface area contributed by atoms with Crippen molar-refractivity contribution in [3.05, 3.63) is 83.6 Å². The molecule has 1 saturated heterocycles. The summed E-state index contributed by atoms with van der Waals surface area (Å²) in [7, 11) is 4.57. The number of nitrogens with one attached hydrogen (secondary N) is 2. The van der Waals surface area contributed by atoms with E-state index in [2.05, 4.69) is 15.3 Å². The molecule has 11 nitrogen and oxygen atoms in total. The second-order valence-electron chi connectivity index (χ2n) is 13.4. The molecule has 0 unspecified atom stereocenters. The Morgan fingerprint density at radius 1 is 1.02 bits per heavy atom. The first-order chi connectivity index (χ1) is 23.5. The van der Waals surface area contributed by atoms with Crippen LogP contribution < -0.4 is 19.5 Å². The van der Waals surface area contributed by atoms with E-state index >= 15 is 0 Å². The molecule has 0 bridgehead atoms. The number of nitrogens with zero attached hydrogens (tertiary/aromatic N) is 3. The van der Waals surface area contributed by atoms with Crippen LogP contribution in [0.1, 0.15) is 55.2 Å². The van der Waals surface area contributed by atoms with Crippen molar-refractivity contribution >= 4 is 23.4 Å². The molecule has 4 aromatic rings. The highest BCUT2D eigenvalue weighted by Gasteiger charge is 2.49. The van der Waals surface area contributed by atoms with Gasteiger partial charge in [-0.15, -0.1) is 0 Å². The number of amides is 2. The standard InChI is InChI=1S/C37H42FN5O6/c1-36(2,3)49-35(45)42-18-15-37(16-19-42)22-43(21-23-10-12-24(46-4)13-11-23)34(44)29-31(40-27-9-7-8-26(38)32(27)48-6)30(41-33(29)37)25-14-17-39-20-28(25)47-5/h7-14,17,20,40-41H,15-16,18-19,21-22H2,1-6H3. The van der Waals surface area contributed by atoms with Gasteiger partial charge in [0.15, 0.2) is 11.6 Å². The number of hydrogen-bond acceptors (Lipinski definition) is 8. The highest BCUT2D eigenvalue weighted by atomic mass is 19.1. The fraction of sp³-hybridized carbons (Fsp3) is 0.378. The number of methoxy groups -OCH3 is 3. The van der Waals surface area contributed by atoms with Gasteiger partial charge in [0.05, 0.1) is 50.2 Å². The van der Waals surface area contributed by atoms with Crippen molar-refractivity contribution < 1.29 is 32.9 Å². The predicted octanol–water partition coefficient (Wildman–Crippen LogP) is 6.91. The normalized spacial score (nSPS) is 15.5. The molecule has 0 saturated carbocycles. The van der Waals surface area contributed by atoms with Gasteiger partial charge in [-0.2, -0.15) is 0 Å². The number of likely N-dealkylation sites (tertiary alicyclic amines) is 1. The summed E-state index contributed by atoms with van der Waals surface area (Å²) in [4.78, 5) is 39.3. The second-order valence-corrected chi connectivity index (χ2v) is 13.4. The van der Waals surface area contributed by atoms with Gasteiger partial charge in [-0.3, -0.25) is 9.78 Å². The Kier molecular flexibility index (Phi) is 9.15. The topological polar surface area (TPSA) is 118 Å². The van der Waals surface area contributed by atoms with Crippen LogP contribution in [0.2, 0.25) is 0 Å². The number of H-pyrrole nitrogens is 1. The maximum Gasteiger partial charge on any atom is 0.410 e. The number of aromatic nitrogens is 2. The molecule has 0 radical (unpaired) electrons. The number of rotatable bonds is 8. The first-order valence-corrected chi connectivity index (χ1v) is 16.2. The van der Waals surface area contributed by atoms with E-state index in [9.17, 15) is 14.0 Å². The fourth-order valence-electron chi connectivity index (χ4n) is 6.74. The summed E-state index contributed by atoms with van der Waals surface area (Å²) in [6.45, 7) is 7.19. The van der Waals surface area contributed by atoms with Gasteiger partial charge < -0.3 is 39.0 Å². The summed E-state index contributed by atoms with van der Waals surface area (Å²) < 4.78 is 37.2. The number of hydrogen-bond donors (Lipinski definition) is 2. The summed E-state index contributed by atoms with van der Waals surface area (Å²) >= 11 is 0. The lowest BCUT2D eigenvalue weighted by Gasteiger charge is -2.47. The third-order valence-corrected chi connectivity index (χ3v) is 9.13. The number of piperidine rings is 1. The van der Waals surface area contributed by atoms with E-state index in [1.54, 1.807) is 43.6 Å². The SMILES string of the molecule is COc1ccc(CN2CC3(CCN(C(=O)OC(C)(C)C)CC3)c3[nH]c(-c4ccncc4OC)c(Nc4cccc(F)c4OC)c3C2=O)cc1. The van der Waals surface area contributed by atoms with Crippen molar-refractivity contribution in [3.8, 4) is 28.5 Å². The molecule has 49 heavy (non-hydrogen) atoms. The van der Waals surface area contributed by atoms with Crippen LogP contribution in [-0.4, -0.2) is 78.3 Å². The first-order valence-electron chi connectivity index (χ1n) is 16.2. The van der Waals surface area contributed by atoms with E-state index in [-0.39, 0.29) is 17.7 Å². The minimum absolute atomic E-state index is 0.0174. The molecule has 4 heterocycles. The quantitative estimate of drug-likeness (QED) is 0.208. The number of carbonyl (C=O) groups excluding carboxylic acids is 2.